The first-order valence-corrected chi connectivity index (χ1v) is 11.1. The summed E-state index contributed by atoms with van der Waals surface area (Å²) in [6.07, 6.45) is 0.633. The molecule has 0 radical (unpaired) electrons. The molecular formula is C17H15NaO3S4. The Morgan fingerprint density at radius 2 is 1.68 bits per heavy atom. The van der Waals surface area contributed by atoms with Gasteiger partial charge in [-0.25, -0.2) is 0 Å². The molecule has 126 valence electrons. The van der Waals surface area contributed by atoms with Crippen molar-refractivity contribution in [2.75, 3.05) is 0 Å². The molecule has 25 heavy (non-hydrogen) atoms. The first kappa shape index (κ1) is 20.9. The summed E-state index contributed by atoms with van der Waals surface area (Å²) >= 11 is 5.49. The van der Waals surface area contributed by atoms with Crippen molar-refractivity contribution in [3.8, 4) is 10.4 Å². The summed E-state index contributed by atoms with van der Waals surface area (Å²) in [4.78, 5) is 1.07. The third-order valence-electron chi connectivity index (χ3n) is 3.71. The van der Waals surface area contributed by atoms with Crippen LogP contribution >= 0.6 is 32.9 Å². The third kappa shape index (κ3) is 4.87. The van der Waals surface area contributed by atoms with Crippen LogP contribution in [0, 0.1) is 10.7 Å². The zero-order valence-corrected chi connectivity index (χ0v) is 16.0. The zero-order valence-electron chi connectivity index (χ0n) is 12.7. The Morgan fingerprint density at radius 1 is 1.04 bits per heavy atom. The number of aryl methyl sites for hydroxylation is 1. The maximum atomic E-state index is 11.1. The van der Waals surface area contributed by atoms with Crippen molar-refractivity contribution in [3.05, 3.63) is 69.0 Å². The Hall–Kier alpha value is -0.380. The van der Waals surface area contributed by atoms with Crippen molar-refractivity contribution >= 4 is 72.6 Å². The van der Waals surface area contributed by atoms with E-state index in [0.29, 0.717) is 6.42 Å². The maximum absolute atomic E-state index is 11.1. The second kappa shape index (κ2) is 8.54. The van der Waals surface area contributed by atoms with Gasteiger partial charge in [0.2, 0.25) is 0 Å². The molecule has 0 aliphatic carbocycles. The van der Waals surface area contributed by atoms with Crippen LogP contribution in [0.25, 0.3) is 10.4 Å². The standard InChI is InChI=1S/C17H14O3S4.Na.H/c1-11-4-2-3-5-14(11)16-15(17(21)23-22-16)10-12-6-8-13(9-7-12)24(18,19)20;;/h2-9H,10H2,1H3,(H,18,19,20);;. The molecule has 3 aromatic rings. The fourth-order valence-electron chi connectivity index (χ4n) is 2.44. The topological polar surface area (TPSA) is 54.4 Å². The fraction of sp³-hybridized carbons (Fsp3) is 0.118. The van der Waals surface area contributed by atoms with Crippen LogP contribution in [0.1, 0.15) is 16.7 Å². The SMILES string of the molecule is Cc1ccccc1-c1ssc(=S)c1Cc1ccc(S(=O)(=O)O)cc1.[NaH]. The molecule has 0 bridgehead atoms. The van der Waals surface area contributed by atoms with Crippen molar-refractivity contribution in [1.82, 2.24) is 0 Å². The molecule has 0 atom stereocenters. The fourth-order valence-corrected chi connectivity index (χ4v) is 5.91. The molecule has 0 aliphatic heterocycles. The minimum absolute atomic E-state index is 0. The molecule has 8 heteroatoms. The van der Waals surface area contributed by atoms with Gasteiger partial charge in [0.05, 0.1) is 9.77 Å². The van der Waals surface area contributed by atoms with Crippen LogP contribution in [0.4, 0.5) is 0 Å². The van der Waals surface area contributed by atoms with E-state index in [2.05, 4.69) is 19.1 Å². The van der Waals surface area contributed by atoms with Gasteiger partial charge in [-0.05, 0) is 35.7 Å². The van der Waals surface area contributed by atoms with Crippen LogP contribution in [-0.2, 0) is 16.5 Å². The summed E-state index contributed by atoms with van der Waals surface area (Å²) in [5.41, 5.74) is 4.42. The van der Waals surface area contributed by atoms with Crippen molar-refractivity contribution in [2.24, 2.45) is 0 Å². The van der Waals surface area contributed by atoms with Crippen molar-refractivity contribution in [2.45, 2.75) is 18.2 Å². The van der Waals surface area contributed by atoms with Gasteiger partial charge in [-0.15, -0.1) is 0 Å². The van der Waals surface area contributed by atoms with Gasteiger partial charge in [-0.3, -0.25) is 4.55 Å². The monoisotopic (exact) mass is 418 g/mol. The molecule has 0 fully saturated rings. The van der Waals surface area contributed by atoms with Gasteiger partial charge in [-0.1, -0.05) is 69.3 Å². The number of hydrogen-bond acceptors (Lipinski definition) is 5. The Morgan fingerprint density at radius 3 is 2.28 bits per heavy atom. The predicted molar refractivity (Wildman–Crippen MR) is 109 cm³/mol. The van der Waals surface area contributed by atoms with E-state index in [1.165, 1.54) is 28.1 Å². The summed E-state index contributed by atoms with van der Waals surface area (Å²) in [6.45, 7) is 2.08. The van der Waals surface area contributed by atoms with Crippen LogP contribution < -0.4 is 0 Å². The summed E-state index contributed by atoms with van der Waals surface area (Å²) in [5.74, 6) is 0. The normalized spacial score (nSPS) is 11.1. The van der Waals surface area contributed by atoms with Gasteiger partial charge >= 0.3 is 29.6 Å². The van der Waals surface area contributed by atoms with Crippen LogP contribution in [-0.4, -0.2) is 42.5 Å². The molecule has 1 heterocycles. The van der Waals surface area contributed by atoms with E-state index >= 15 is 0 Å². The minimum atomic E-state index is -4.16. The van der Waals surface area contributed by atoms with E-state index in [1.54, 1.807) is 32.8 Å². The molecule has 3 rings (SSSR count). The predicted octanol–water partition coefficient (Wildman–Crippen LogP) is 4.70. The molecule has 0 spiro atoms. The third-order valence-corrected chi connectivity index (χ3v) is 7.76. The second-order valence-electron chi connectivity index (χ2n) is 5.37. The second-order valence-corrected chi connectivity index (χ2v) is 9.61. The van der Waals surface area contributed by atoms with Crippen molar-refractivity contribution in [3.63, 3.8) is 0 Å². The van der Waals surface area contributed by atoms with Crippen molar-refractivity contribution in [1.29, 1.82) is 0 Å². The van der Waals surface area contributed by atoms with E-state index in [0.717, 1.165) is 15.0 Å². The first-order valence-electron chi connectivity index (χ1n) is 7.10. The van der Waals surface area contributed by atoms with Gasteiger partial charge in [0, 0.05) is 12.0 Å². The van der Waals surface area contributed by atoms with Crippen LogP contribution in [0.3, 0.4) is 0 Å². The molecule has 1 aromatic heterocycles. The molecule has 0 saturated carbocycles. The quantitative estimate of drug-likeness (QED) is 0.289. The first-order chi connectivity index (χ1) is 11.4. The van der Waals surface area contributed by atoms with E-state index in [4.69, 9.17) is 16.8 Å². The number of rotatable bonds is 4. The molecule has 0 saturated heterocycles. The zero-order chi connectivity index (χ0) is 17.3. The van der Waals surface area contributed by atoms with E-state index in [1.807, 2.05) is 12.1 Å². The molecule has 0 aliphatic rings. The van der Waals surface area contributed by atoms with Crippen LogP contribution in [0.15, 0.2) is 53.4 Å². The molecule has 2 aromatic carbocycles. The summed E-state index contributed by atoms with van der Waals surface area (Å²) < 4.78 is 32.2. The van der Waals surface area contributed by atoms with E-state index < -0.39 is 10.1 Å². The summed E-state index contributed by atoms with van der Waals surface area (Å²) in [6, 6.07) is 14.4. The average molecular weight is 419 g/mol. The Labute approximate surface area is 181 Å². The average Bonchev–Trinajstić information content (AvgIpc) is 2.89. The van der Waals surface area contributed by atoms with Gasteiger partial charge in [0.25, 0.3) is 10.1 Å². The molecule has 3 nitrogen and oxygen atoms in total. The summed E-state index contributed by atoms with van der Waals surface area (Å²) in [5, 5.41) is 0. The molecule has 0 amide bonds. The molecule has 0 unspecified atom stereocenters. The van der Waals surface area contributed by atoms with E-state index in [9.17, 15) is 8.42 Å². The molecular weight excluding hydrogens is 403 g/mol. The van der Waals surface area contributed by atoms with E-state index in [-0.39, 0.29) is 34.5 Å². The number of hydrogen-bond donors (Lipinski definition) is 1. The van der Waals surface area contributed by atoms with Gasteiger partial charge in [-0.2, -0.15) is 8.42 Å². The Kier molecular flexibility index (Phi) is 7.15. The van der Waals surface area contributed by atoms with Gasteiger partial charge < -0.3 is 0 Å². The van der Waals surface area contributed by atoms with Crippen LogP contribution in [0.5, 0.6) is 0 Å². The van der Waals surface area contributed by atoms with Gasteiger partial charge in [0.15, 0.2) is 0 Å². The van der Waals surface area contributed by atoms with Crippen molar-refractivity contribution < 1.29 is 13.0 Å². The van der Waals surface area contributed by atoms with Gasteiger partial charge in [0.1, 0.15) is 3.82 Å². The Balaban J connectivity index is 0.00000225. The summed E-state index contributed by atoms with van der Waals surface area (Å²) in [7, 11) is -0.909. The number of benzene rings is 2. The van der Waals surface area contributed by atoms with Crippen LogP contribution in [0.2, 0.25) is 0 Å². The Bertz CT molecular complexity index is 1030. The molecule has 1 N–H and O–H groups in total.